The van der Waals surface area contributed by atoms with Crippen molar-refractivity contribution in [2.45, 2.75) is 12.5 Å². The second-order valence-corrected chi connectivity index (χ2v) is 5.65. The third-order valence-corrected chi connectivity index (χ3v) is 3.69. The lowest BCUT2D eigenvalue weighted by molar-refractivity contribution is -0.385. The first kappa shape index (κ1) is 15.5. The normalized spacial score (nSPS) is 13.5. The molecule has 0 aliphatic rings. The molecule has 110 valence electrons. The van der Waals surface area contributed by atoms with E-state index in [1.807, 2.05) is 18.2 Å². The first-order valence-corrected chi connectivity index (χ1v) is 7.04. The fraction of sp³-hybridized carbons (Fsp3) is 0.200. The number of nitro benzene ring substituents is 1. The summed E-state index contributed by atoms with van der Waals surface area (Å²) in [6.45, 7) is 1.62. The van der Waals surface area contributed by atoms with Crippen molar-refractivity contribution in [3.63, 3.8) is 0 Å². The summed E-state index contributed by atoms with van der Waals surface area (Å²) in [5, 5.41) is 21.2. The fourth-order valence-electron chi connectivity index (χ4n) is 1.82. The third-order valence-electron chi connectivity index (χ3n) is 3.03. The van der Waals surface area contributed by atoms with Crippen LogP contribution in [0.4, 0.5) is 5.69 Å². The summed E-state index contributed by atoms with van der Waals surface area (Å²) in [5.74, 6) is 0.320. The highest BCUT2D eigenvalue weighted by Gasteiger charge is 2.24. The van der Waals surface area contributed by atoms with Gasteiger partial charge in [0.2, 0.25) is 0 Å². The summed E-state index contributed by atoms with van der Waals surface area (Å²) >= 11 is 3.27. The van der Waals surface area contributed by atoms with Gasteiger partial charge >= 0.3 is 0 Å². The van der Waals surface area contributed by atoms with Crippen molar-refractivity contribution in [1.29, 1.82) is 0 Å². The quantitative estimate of drug-likeness (QED) is 0.659. The van der Waals surface area contributed by atoms with Crippen molar-refractivity contribution < 1.29 is 14.8 Å². The first-order valence-electron chi connectivity index (χ1n) is 6.25. The van der Waals surface area contributed by atoms with Gasteiger partial charge in [0.15, 0.2) is 0 Å². The van der Waals surface area contributed by atoms with Crippen molar-refractivity contribution >= 4 is 21.6 Å². The summed E-state index contributed by atoms with van der Waals surface area (Å²) in [6, 6.07) is 13.4. The molecule has 1 N–H and O–H groups in total. The van der Waals surface area contributed by atoms with Crippen LogP contribution >= 0.6 is 15.9 Å². The lowest BCUT2D eigenvalue weighted by Crippen LogP contribution is -2.29. The maximum atomic E-state index is 10.8. The van der Waals surface area contributed by atoms with Gasteiger partial charge in [-0.25, -0.2) is 0 Å². The predicted octanol–water partition coefficient (Wildman–Crippen LogP) is 3.64. The van der Waals surface area contributed by atoms with Gasteiger partial charge < -0.3 is 9.84 Å². The monoisotopic (exact) mass is 351 g/mol. The molecule has 0 saturated heterocycles. The Morgan fingerprint density at radius 2 is 1.95 bits per heavy atom. The van der Waals surface area contributed by atoms with Crippen molar-refractivity contribution in [1.82, 2.24) is 0 Å². The third kappa shape index (κ3) is 3.80. The Labute approximate surface area is 130 Å². The molecule has 0 fully saturated rings. The Balaban J connectivity index is 2.16. The van der Waals surface area contributed by atoms with Gasteiger partial charge in [0.1, 0.15) is 18.0 Å². The van der Waals surface area contributed by atoms with Gasteiger partial charge in [-0.15, -0.1) is 0 Å². The second-order valence-electron chi connectivity index (χ2n) is 4.80. The van der Waals surface area contributed by atoms with Gasteiger partial charge in [0, 0.05) is 6.07 Å². The molecule has 0 radical (unpaired) electrons. The number of non-ortho nitro benzene ring substituents is 1. The van der Waals surface area contributed by atoms with Crippen LogP contribution in [-0.4, -0.2) is 16.6 Å². The van der Waals surface area contributed by atoms with E-state index in [0.717, 1.165) is 0 Å². The van der Waals surface area contributed by atoms with Gasteiger partial charge in [0.25, 0.3) is 5.69 Å². The van der Waals surface area contributed by atoms with E-state index >= 15 is 0 Å². The molecular weight excluding hydrogens is 338 g/mol. The van der Waals surface area contributed by atoms with E-state index in [1.54, 1.807) is 25.1 Å². The van der Waals surface area contributed by atoms with Gasteiger partial charge in [-0.3, -0.25) is 10.1 Å². The molecule has 2 rings (SSSR count). The number of ether oxygens (including phenoxy) is 1. The average molecular weight is 352 g/mol. The minimum atomic E-state index is -1.19. The van der Waals surface area contributed by atoms with Crippen LogP contribution < -0.4 is 4.74 Å². The van der Waals surface area contributed by atoms with Gasteiger partial charge in [-0.2, -0.15) is 0 Å². The maximum Gasteiger partial charge on any atom is 0.273 e. The van der Waals surface area contributed by atoms with Gasteiger partial charge in [0.05, 0.1) is 15.5 Å². The molecule has 0 spiro atoms. The number of hydrogen-bond acceptors (Lipinski definition) is 4. The summed E-state index contributed by atoms with van der Waals surface area (Å²) in [7, 11) is 0. The zero-order chi connectivity index (χ0) is 15.5. The molecule has 1 atom stereocenters. The largest absolute Gasteiger partial charge is 0.489 e. The Bertz CT molecular complexity index is 643. The Hall–Kier alpha value is -1.92. The molecular formula is C15H14BrNO4. The minimum Gasteiger partial charge on any atom is -0.489 e. The first-order chi connectivity index (χ1) is 9.90. The highest BCUT2D eigenvalue weighted by Crippen LogP contribution is 2.31. The Morgan fingerprint density at radius 3 is 2.57 bits per heavy atom. The van der Waals surface area contributed by atoms with Crippen LogP contribution in [0.3, 0.4) is 0 Å². The van der Waals surface area contributed by atoms with E-state index in [-0.39, 0.29) is 12.3 Å². The maximum absolute atomic E-state index is 10.8. The summed E-state index contributed by atoms with van der Waals surface area (Å²) < 4.78 is 6.14. The zero-order valence-electron chi connectivity index (χ0n) is 11.3. The molecule has 0 bridgehead atoms. The van der Waals surface area contributed by atoms with Crippen LogP contribution in [0.25, 0.3) is 0 Å². The minimum absolute atomic E-state index is 0.0171. The number of nitro groups is 1. The number of hydrogen-bond donors (Lipinski definition) is 1. The standard InChI is InChI=1S/C15H14BrNO4/c1-15(18,11-5-3-2-4-6-11)10-21-14-9-12(17(19)20)7-8-13(14)16/h2-9,18H,10H2,1H3. The predicted molar refractivity (Wildman–Crippen MR) is 82.3 cm³/mol. The van der Waals surface area contributed by atoms with E-state index in [1.165, 1.54) is 12.1 Å². The molecule has 1 unspecified atom stereocenters. The molecule has 0 saturated carbocycles. The van der Waals surface area contributed by atoms with Crippen LogP contribution in [0.2, 0.25) is 0 Å². The molecule has 0 aromatic heterocycles. The van der Waals surface area contributed by atoms with Crippen LogP contribution in [0, 0.1) is 10.1 Å². The number of aliphatic hydroxyl groups is 1. The van der Waals surface area contributed by atoms with Gasteiger partial charge in [-0.1, -0.05) is 30.3 Å². The lowest BCUT2D eigenvalue weighted by atomic mass is 9.97. The van der Waals surface area contributed by atoms with E-state index in [4.69, 9.17) is 4.74 Å². The average Bonchev–Trinajstić information content (AvgIpc) is 2.47. The molecule has 0 aliphatic heterocycles. The highest BCUT2D eigenvalue weighted by molar-refractivity contribution is 9.10. The summed E-state index contributed by atoms with van der Waals surface area (Å²) in [5.41, 5.74) is -0.537. The van der Waals surface area contributed by atoms with Crippen LogP contribution in [0.5, 0.6) is 5.75 Å². The SMILES string of the molecule is CC(O)(COc1cc([N+](=O)[O-])ccc1Br)c1ccccc1. The Kier molecular flexibility index (Phi) is 4.59. The van der Waals surface area contributed by atoms with Crippen LogP contribution in [-0.2, 0) is 5.60 Å². The number of rotatable bonds is 5. The fourth-order valence-corrected chi connectivity index (χ4v) is 2.18. The molecule has 6 heteroatoms. The lowest BCUT2D eigenvalue weighted by Gasteiger charge is -2.24. The summed E-state index contributed by atoms with van der Waals surface area (Å²) in [4.78, 5) is 10.3. The Morgan fingerprint density at radius 1 is 1.29 bits per heavy atom. The number of nitrogens with zero attached hydrogens (tertiary/aromatic N) is 1. The van der Waals surface area contributed by atoms with Crippen molar-refractivity contribution in [2.75, 3.05) is 6.61 Å². The smallest absolute Gasteiger partial charge is 0.273 e. The van der Waals surface area contributed by atoms with Crippen molar-refractivity contribution in [3.05, 3.63) is 68.7 Å². The second kappa shape index (κ2) is 6.24. The molecule has 5 nitrogen and oxygen atoms in total. The highest BCUT2D eigenvalue weighted by atomic mass is 79.9. The molecule has 21 heavy (non-hydrogen) atoms. The summed E-state index contributed by atoms with van der Waals surface area (Å²) in [6.07, 6.45) is 0. The van der Waals surface area contributed by atoms with E-state index in [2.05, 4.69) is 15.9 Å². The molecule has 0 amide bonds. The van der Waals surface area contributed by atoms with Crippen LogP contribution in [0.1, 0.15) is 12.5 Å². The van der Waals surface area contributed by atoms with Crippen molar-refractivity contribution in [2.24, 2.45) is 0 Å². The molecule has 0 heterocycles. The molecule has 0 aliphatic carbocycles. The van der Waals surface area contributed by atoms with Crippen molar-refractivity contribution in [3.8, 4) is 5.75 Å². The zero-order valence-corrected chi connectivity index (χ0v) is 12.9. The number of benzene rings is 2. The molecule has 2 aromatic carbocycles. The molecule has 2 aromatic rings. The number of halogens is 1. The van der Waals surface area contributed by atoms with Gasteiger partial charge in [-0.05, 0) is 34.5 Å². The van der Waals surface area contributed by atoms with E-state index < -0.39 is 10.5 Å². The van der Waals surface area contributed by atoms with Crippen LogP contribution in [0.15, 0.2) is 53.0 Å². The van der Waals surface area contributed by atoms with E-state index in [9.17, 15) is 15.2 Å². The van der Waals surface area contributed by atoms with E-state index in [0.29, 0.717) is 15.8 Å². The topological polar surface area (TPSA) is 72.6 Å².